The fourth-order valence-electron chi connectivity index (χ4n) is 3.83. The summed E-state index contributed by atoms with van der Waals surface area (Å²) in [7, 11) is -3.15. The molecule has 0 aliphatic heterocycles. The standard InChI is InChI=1S/C20H24O3S/c1-13(10-14-2-6-17(21)11-14)16-5-9-20(19(12-16)15-3-4-15)24(22,23)18-7-8-18/h5,9,12,14-15,18H,1-4,6-8,10-11H2/t14-/m0/s1. The Morgan fingerprint density at radius 1 is 1.12 bits per heavy atom. The van der Waals surface area contributed by atoms with E-state index in [1.807, 2.05) is 12.1 Å². The van der Waals surface area contributed by atoms with Crippen LogP contribution in [0.4, 0.5) is 0 Å². The molecule has 3 nitrogen and oxygen atoms in total. The SMILES string of the molecule is C=C(C[C@@H]1CCC(=O)C1)c1ccc(S(=O)(=O)C2CC2)c(C2CC2)c1. The van der Waals surface area contributed by atoms with Gasteiger partial charge in [0.2, 0.25) is 0 Å². The van der Waals surface area contributed by atoms with E-state index in [1.54, 1.807) is 0 Å². The summed E-state index contributed by atoms with van der Waals surface area (Å²) in [5.74, 6) is 1.16. The maximum atomic E-state index is 12.7. The van der Waals surface area contributed by atoms with Gasteiger partial charge in [-0.3, -0.25) is 4.79 Å². The molecule has 4 rings (SSSR count). The largest absolute Gasteiger partial charge is 0.300 e. The molecule has 3 aliphatic rings. The van der Waals surface area contributed by atoms with E-state index in [-0.39, 0.29) is 5.25 Å². The Balaban J connectivity index is 1.59. The van der Waals surface area contributed by atoms with E-state index < -0.39 is 9.84 Å². The number of hydrogen-bond donors (Lipinski definition) is 0. The molecule has 3 aliphatic carbocycles. The summed E-state index contributed by atoms with van der Waals surface area (Å²) in [5.41, 5.74) is 3.08. The van der Waals surface area contributed by atoms with Crippen LogP contribution in [-0.2, 0) is 14.6 Å². The molecule has 0 N–H and O–H groups in total. The van der Waals surface area contributed by atoms with Crippen molar-refractivity contribution in [2.45, 2.75) is 67.4 Å². The molecule has 0 heterocycles. The van der Waals surface area contributed by atoms with Crippen LogP contribution in [0.5, 0.6) is 0 Å². The van der Waals surface area contributed by atoms with E-state index in [1.165, 1.54) is 0 Å². The molecule has 4 heteroatoms. The van der Waals surface area contributed by atoms with Crippen LogP contribution in [0.25, 0.3) is 5.57 Å². The summed E-state index contributed by atoms with van der Waals surface area (Å²) in [6.07, 6.45) is 6.94. The minimum Gasteiger partial charge on any atom is -0.300 e. The number of rotatable bonds is 6. The van der Waals surface area contributed by atoms with Crippen molar-refractivity contribution in [1.82, 2.24) is 0 Å². The van der Waals surface area contributed by atoms with Crippen molar-refractivity contribution in [3.63, 3.8) is 0 Å². The lowest BCUT2D eigenvalue weighted by Crippen LogP contribution is -2.10. The normalized spacial score (nSPS) is 24.3. The minimum absolute atomic E-state index is 0.159. The molecule has 3 saturated carbocycles. The minimum atomic E-state index is -3.15. The first kappa shape index (κ1) is 16.1. The summed E-state index contributed by atoms with van der Waals surface area (Å²) in [5, 5.41) is -0.159. The highest BCUT2D eigenvalue weighted by Gasteiger charge is 2.40. The van der Waals surface area contributed by atoms with Gasteiger partial charge in [0.25, 0.3) is 0 Å². The highest BCUT2D eigenvalue weighted by atomic mass is 32.2. The van der Waals surface area contributed by atoms with Crippen molar-refractivity contribution in [1.29, 1.82) is 0 Å². The Hall–Kier alpha value is -1.42. The van der Waals surface area contributed by atoms with Crippen LogP contribution in [0.3, 0.4) is 0 Å². The Bertz CT molecular complexity index is 798. The van der Waals surface area contributed by atoms with Crippen molar-refractivity contribution in [3.8, 4) is 0 Å². The van der Waals surface area contributed by atoms with Gasteiger partial charge in [0.1, 0.15) is 5.78 Å². The van der Waals surface area contributed by atoms with Gasteiger partial charge >= 0.3 is 0 Å². The maximum Gasteiger partial charge on any atom is 0.181 e. The molecule has 24 heavy (non-hydrogen) atoms. The highest BCUT2D eigenvalue weighted by Crippen LogP contribution is 2.46. The van der Waals surface area contributed by atoms with Crippen LogP contribution >= 0.6 is 0 Å². The second kappa shape index (κ2) is 5.83. The molecule has 0 unspecified atom stereocenters. The summed E-state index contributed by atoms with van der Waals surface area (Å²) >= 11 is 0. The van der Waals surface area contributed by atoms with Crippen LogP contribution < -0.4 is 0 Å². The molecule has 0 saturated heterocycles. The van der Waals surface area contributed by atoms with Crippen LogP contribution in [0.1, 0.15) is 68.4 Å². The maximum absolute atomic E-state index is 12.7. The zero-order chi connectivity index (χ0) is 16.9. The first-order valence-electron chi connectivity index (χ1n) is 9.03. The lowest BCUT2D eigenvalue weighted by Gasteiger charge is -2.15. The van der Waals surface area contributed by atoms with Gasteiger partial charge in [-0.15, -0.1) is 0 Å². The Morgan fingerprint density at radius 2 is 1.88 bits per heavy atom. The quantitative estimate of drug-likeness (QED) is 0.774. The van der Waals surface area contributed by atoms with E-state index in [0.717, 1.165) is 55.2 Å². The summed E-state index contributed by atoms with van der Waals surface area (Å²) < 4.78 is 25.4. The van der Waals surface area contributed by atoms with Gasteiger partial charge in [0.05, 0.1) is 10.1 Å². The highest BCUT2D eigenvalue weighted by molar-refractivity contribution is 7.92. The number of sulfone groups is 1. The van der Waals surface area contributed by atoms with Gasteiger partial charge in [-0.25, -0.2) is 8.42 Å². The van der Waals surface area contributed by atoms with Crippen LogP contribution in [-0.4, -0.2) is 19.5 Å². The van der Waals surface area contributed by atoms with E-state index in [4.69, 9.17) is 0 Å². The number of Topliss-reactive ketones (excluding diaryl/α,β-unsaturated/α-hetero) is 1. The second-order valence-corrected chi connectivity index (χ2v) is 9.92. The molecule has 3 fully saturated rings. The predicted molar refractivity (Wildman–Crippen MR) is 94.6 cm³/mol. The van der Waals surface area contributed by atoms with Gasteiger partial charge in [0, 0.05) is 12.8 Å². The molecule has 0 spiro atoms. The Morgan fingerprint density at radius 3 is 2.46 bits per heavy atom. The fourth-order valence-corrected chi connectivity index (χ4v) is 5.76. The Labute approximate surface area is 144 Å². The molecule has 0 radical (unpaired) electrons. The van der Waals surface area contributed by atoms with Crippen molar-refractivity contribution < 1.29 is 13.2 Å². The van der Waals surface area contributed by atoms with Gasteiger partial charge in [-0.2, -0.15) is 0 Å². The van der Waals surface area contributed by atoms with E-state index in [9.17, 15) is 13.2 Å². The molecule has 0 bridgehead atoms. The van der Waals surface area contributed by atoms with Crippen molar-refractivity contribution in [2.24, 2.45) is 5.92 Å². The van der Waals surface area contributed by atoms with Crippen molar-refractivity contribution in [3.05, 3.63) is 35.9 Å². The third-order valence-corrected chi connectivity index (χ3v) is 7.92. The average Bonchev–Trinajstić information content (AvgIpc) is 3.45. The van der Waals surface area contributed by atoms with Crippen LogP contribution in [0.15, 0.2) is 29.7 Å². The monoisotopic (exact) mass is 344 g/mol. The van der Waals surface area contributed by atoms with Crippen molar-refractivity contribution in [2.75, 3.05) is 0 Å². The fraction of sp³-hybridized carbons (Fsp3) is 0.550. The van der Waals surface area contributed by atoms with Gasteiger partial charge in [-0.1, -0.05) is 12.6 Å². The van der Waals surface area contributed by atoms with E-state index in [0.29, 0.717) is 35.4 Å². The first-order chi connectivity index (χ1) is 11.4. The van der Waals surface area contributed by atoms with Crippen LogP contribution in [0, 0.1) is 5.92 Å². The zero-order valence-electron chi connectivity index (χ0n) is 14.0. The lowest BCUT2D eigenvalue weighted by molar-refractivity contribution is -0.117. The number of allylic oxidation sites excluding steroid dienone is 1. The molecule has 128 valence electrons. The number of hydrogen-bond acceptors (Lipinski definition) is 3. The molecular formula is C20H24O3S. The zero-order valence-corrected chi connectivity index (χ0v) is 14.8. The predicted octanol–water partition coefficient (Wildman–Crippen LogP) is 4.27. The van der Waals surface area contributed by atoms with Gasteiger partial charge < -0.3 is 0 Å². The molecule has 0 aromatic heterocycles. The second-order valence-electron chi connectivity index (χ2n) is 7.73. The molecule has 1 aromatic rings. The first-order valence-corrected chi connectivity index (χ1v) is 10.6. The molecular weight excluding hydrogens is 320 g/mol. The van der Waals surface area contributed by atoms with E-state index in [2.05, 4.69) is 12.6 Å². The summed E-state index contributed by atoms with van der Waals surface area (Å²) in [6, 6.07) is 5.79. The summed E-state index contributed by atoms with van der Waals surface area (Å²) in [6.45, 7) is 4.21. The lowest BCUT2D eigenvalue weighted by atomic mass is 9.93. The number of carbonyl (C=O) groups excluding carboxylic acids is 1. The van der Waals surface area contributed by atoms with Crippen LogP contribution in [0.2, 0.25) is 0 Å². The van der Waals surface area contributed by atoms with E-state index >= 15 is 0 Å². The molecule has 1 aromatic carbocycles. The topological polar surface area (TPSA) is 51.2 Å². The van der Waals surface area contributed by atoms with Gasteiger partial charge in [-0.05, 0) is 79.2 Å². The number of benzene rings is 1. The third-order valence-electron chi connectivity index (χ3n) is 5.59. The van der Waals surface area contributed by atoms with Crippen molar-refractivity contribution >= 4 is 21.2 Å². The smallest absolute Gasteiger partial charge is 0.181 e. The average molecular weight is 344 g/mol. The number of carbonyl (C=O) groups is 1. The summed E-state index contributed by atoms with van der Waals surface area (Å²) in [4.78, 5) is 12.0. The Kier molecular flexibility index (Phi) is 3.91. The van der Waals surface area contributed by atoms with Gasteiger partial charge in [0.15, 0.2) is 9.84 Å². The molecule has 1 atom stereocenters. The molecule has 0 amide bonds. The number of ketones is 1. The third kappa shape index (κ3) is 3.08.